The number of carbonyl (C=O) groups is 1. The van der Waals surface area contributed by atoms with Gasteiger partial charge in [-0.15, -0.1) is 0 Å². The van der Waals surface area contributed by atoms with Gasteiger partial charge in [0.1, 0.15) is 17.7 Å². The van der Waals surface area contributed by atoms with Crippen LogP contribution in [0.25, 0.3) is 11.3 Å². The number of rotatable bonds is 8. The molecule has 0 spiro atoms. The van der Waals surface area contributed by atoms with E-state index < -0.39 is 5.91 Å². The minimum Gasteiger partial charge on any atom is -0.381 e. The molecule has 41 heavy (non-hydrogen) atoms. The van der Waals surface area contributed by atoms with Crippen molar-refractivity contribution in [2.75, 3.05) is 29.0 Å². The summed E-state index contributed by atoms with van der Waals surface area (Å²) in [6.07, 6.45) is 6.58. The Labute approximate surface area is 238 Å². The van der Waals surface area contributed by atoms with Crippen molar-refractivity contribution < 1.29 is 9.18 Å². The average Bonchev–Trinajstić information content (AvgIpc) is 3.01. The van der Waals surface area contributed by atoms with Crippen LogP contribution in [-0.2, 0) is 6.54 Å². The van der Waals surface area contributed by atoms with Gasteiger partial charge in [0.25, 0.3) is 5.91 Å². The highest BCUT2D eigenvalue weighted by atomic mass is 19.1. The van der Waals surface area contributed by atoms with Gasteiger partial charge in [-0.1, -0.05) is 36.4 Å². The molecule has 2 aromatic heterocycles. The fourth-order valence-electron chi connectivity index (χ4n) is 4.79. The highest BCUT2D eigenvalue weighted by Gasteiger charge is 2.19. The third-order valence-electron chi connectivity index (χ3n) is 7.13. The van der Waals surface area contributed by atoms with Gasteiger partial charge < -0.3 is 21.3 Å². The lowest BCUT2D eigenvalue weighted by Crippen LogP contribution is -2.31. The fraction of sp³-hybridized carbons (Fsp3) is 0.258. The molecule has 1 aliphatic heterocycles. The van der Waals surface area contributed by atoms with Crippen LogP contribution in [0.15, 0.2) is 67.0 Å². The third kappa shape index (κ3) is 6.58. The lowest BCUT2D eigenvalue weighted by atomic mass is 10.1. The number of nitrogens with one attached hydrogen (secondary N) is 2. The predicted molar refractivity (Wildman–Crippen MR) is 157 cm³/mol. The van der Waals surface area contributed by atoms with Gasteiger partial charge in [0.2, 0.25) is 0 Å². The summed E-state index contributed by atoms with van der Waals surface area (Å²) in [6, 6.07) is 17.0. The molecule has 0 unspecified atom stereocenters. The Bertz CT molecular complexity index is 1560. The maximum atomic E-state index is 13.3. The number of nitrogens with zero attached hydrogens (tertiary/aromatic N) is 5. The Morgan fingerprint density at radius 3 is 2.51 bits per heavy atom. The Morgan fingerprint density at radius 1 is 1.07 bits per heavy atom. The van der Waals surface area contributed by atoms with E-state index in [2.05, 4.69) is 25.5 Å². The van der Waals surface area contributed by atoms with Crippen molar-refractivity contribution in [2.24, 2.45) is 0 Å². The molecule has 0 bridgehead atoms. The maximum Gasteiger partial charge on any atom is 0.255 e. The molecular formula is C31H31FN8O. The van der Waals surface area contributed by atoms with Gasteiger partial charge >= 0.3 is 0 Å². The topological polar surface area (TPSA) is 133 Å². The zero-order chi connectivity index (χ0) is 28.8. The number of halogens is 1. The van der Waals surface area contributed by atoms with Crippen LogP contribution in [0.2, 0.25) is 0 Å². The number of anilines is 3. The van der Waals surface area contributed by atoms with Gasteiger partial charge in [0, 0.05) is 31.4 Å². The van der Waals surface area contributed by atoms with E-state index in [1.165, 1.54) is 30.8 Å². The first-order valence-electron chi connectivity index (χ1n) is 13.6. The monoisotopic (exact) mass is 550 g/mol. The first-order valence-corrected chi connectivity index (χ1v) is 13.6. The van der Waals surface area contributed by atoms with Gasteiger partial charge in [0.15, 0.2) is 11.6 Å². The van der Waals surface area contributed by atoms with Crippen molar-refractivity contribution in [1.29, 1.82) is 5.26 Å². The van der Waals surface area contributed by atoms with Crippen molar-refractivity contribution in [3.8, 4) is 17.3 Å². The number of nitrogens with two attached hydrogens (primary N) is 1. The number of nitrogen functional groups attached to an aromatic ring is 1. The first-order chi connectivity index (χ1) is 19.9. The number of carbonyl (C=O) groups excluding carboxylic acids is 1. The molecule has 5 rings (SSSR count). The summed E-state index contributed by atoms with van der Waals surface area (Å²) in [4.78, 5) is 28.9. The van der Waals surface area contributed by atoms with E-state index >= 15 is 0 Å². The molecule has 0 radical (unpaired) electrons. The second-order valence-corrected chi connectivity index (χ2v) is 10.0. The molecule has 0 aliphatic carbocycles. The summed E-state index contributed by atoms with van der Waals surface area (Å²) in [7, 11) is 0. The van der Waals surface area contributed by atoms with Gasteiger partial charge in [0.05, 0.1) is 29.1 Å². The van der Waals surface area contributed by atoms with Crippen molar-refractivity contribution in [2.45, 2.75) is 38.8 Å². The standard InChI is InChI=1S/C31H31FN8O/c1-20(23-9-11-25(32)12-10-23)38-31(41)26-15-22(16-33)18-37-29(26)36-17-21-5-7-24(8-6-21)27-19-35-28(34)30(39-27)40-13-3-2-4-14-40/h5-12,15,18-20H,2-4,13-14,17H2,1H3,(H2,34,35)(H,36,37)(H,38,41)/t20-/m0/s1. The number of nitriles is 1. The predicted octanol–water partition coefficient (Wildman–Crippen LogP) is 5.22. The molecule has 1 aliphatic rings. The Hall–Kier alpha value is -5.04. The maximum absolute atomic E-state index is 13.3. The van der Waals surface area contributed by atoms with Crippen LogP contribution in [0.5, 0.6) is 0 Å². The van der Waals surface area contributed by atoms with E-state index in [9.17, 15) is 14.4 Å². The van der Waals surface area contributed by atoms with Crippen LogP contribution in [-0.4, -0.2) is 33.9 Å². The van der Waals surface area contributed by atoms with Crippen LogP contribution in [0.3, 0.4) is 0 Å². The van der Waals surface area contributed by atoms with E-state index in [1.54, 1.807) is 18.3 Å². The van der Waals surface area contributed by atoms with E-state index in [1.807, 2.05) is 37.3 Å². The summed E-state index contributed by atoms with van der Waals surface area (Å²) in [6.45, 7) is 4.07. The van der Waals surface area contributed by atoms with Crippen LogP contribution in [0, 0.1) is 17.1 Å². The molecule has 4 aromatic rings. The number of hydrogen-bond donors (Lipinski definition) is 3. The second-order valence-electron chi connectivity index (χ2n) is 10.0. The number of piperidine rings is 1. The molecule has 10 heteroatoms. The summed E-state index contributed by atoms with van der Waals surface area (Å²) in [5.74, 6) is 0.794. The molecule has 3 heterocycles. The second kappa shape index (κ2) is 12.4. The van der Waals surface area contributed by atoms with Crippen LogP contribution >= 0.6 is 0 Å². The SMILES string of the molecule is C[C@H](NC(=O)c1cc(C#N)cnc1NCc1ccc(-c2cnc(N)c(N3CCCCC3)n2)cc1)c1ccc(F)cc1. The molecule has 1 atom stereocenters. The summed E-state index contributed by atoms with van der Waals surface area (Å²) in [5, 5.41) is 15.5. The average molecular weight is 551 g/mol. The highest BCUT2D eigenvalue weighted by Crippen LogP contribution is 2.27. The van der Waals surface area contributed by atoms with Crippen molar-refractivity contribution in [3.63, 3.8) is 0 Å². The lowest BCUT2D eigenvalue weighted by molar-refractivity contribution is 0.0940. The zero-order valence-electron chi connectivity index (χ0n) is 22.8. The van der Waals surface area contributed by atoms with Crippen LogP contribution in [0.4, 0.5) is 21.8 Å². The Morgan fingerprint density at radius 2 is 1.80 bits per heavy atom. The normalized spacial score (nSPS) is 13.7. The van der Waals surface area contributed by atoms with E-state index in [0.29, 0.717) is 18.2 Å². The van der Waals surface area contributed by atoms with Gasteiger partial charge in [-0.05, 0) is 55.5 Å². The van der Waals surface area contributed by atoms with Gasteiger partial charge in [-0.3, -0.25) is 4.79 Å². The van der Waals surface area contributed by atoms with E-state index in [4.69, 9.17) is 10.7 Å². The number of aromatic nitrogens is 3. The fourth-order valence-corrected chi connectivity index (χ4v) is 4.79. The molecule has 0 saturated carbocycles. The zero-order valence-corrected chi connectivity index (χ0v) is 22.8. The Kier molecular flexibility index (Phi) is 8.34. The minimum absolute atomic E-state index is 0.247. The lowest BCUT2D eigenvalue weighted by Gasteiger charge is -2.28. The van der Waals surface area contributed by atoms with Gasteiger partial charge in [-0.25, -0.2) is 19.3 Å². The smallest absolute Gasteiger partial charge is 0.255 e. The van der Waals surface area contributed by atoms with E-state index in [-0.39, 0.29) is 23.0 Å². The molecular weight excluding hydrogens is 519 g/mol. The molecule has 2 aromatic carbocycles. The number of amides is 1. The molecule has 1 saturated heterocycles. The number of benzene rings is 2. The van der Waals surface area contributed by atoms with Crippen LogP contribution in [0.1, 0.15) is 59.3 Å². The summed E-state index contributed by atoms with van der Waals surface area (Å²) >= 11 is 0. The summed E-state index contributed by atoms with van der Waals surface area (Å²) in [5.41, 5.74) is 10.1. The first kappa shape index (κ1) is 27.5. The van der Waals surface area contributed by atoms with E-state index in [0.717, 1.165) is 54.1 Å². The minimum atomic E-state index is -0.393. The van der Waals surface area contributed by atoms with Crippen molar-refractivity contribution in [3.05, 3.63) is 95.1 Å². The van der Waals surface area contributed by atoms with Crippen LogP contribution < -0.4 is 21.3 Å². The molecule has 208 valence electrons. The number of hydrogen-bond acceptors (Lipinski definition) is 8. The quantitative estimate of drug-likeness (QED) is 0.272. The van der Waals surface area contributed by atoms with Crippen molar-refractivity contribution in [1.82, 2.24) is 20.3 Å². The molecule has 9 nitrogen and oxygen atoms in total. The third-order valence-corrected chi connectivity index (χ3v) is 7.13. The molecule has 1 fully saturated rings. The Balaban J connectivity index is 1.28. The van der Waals surface area contributed by atoms with Gasteiger partial charge in [-0.2, -0.15) is 5.26 Å². The number of pyridine rings is 1. The van der Waals surface area contributed by atoms with Crippen molar-refractivity contribution >= 4 is 23.4 Å². The molecule has 1 amide bonds. The largest absolute Gasteiger partial charge is 0.381 e. The summed E-state index contributed by atoms with van der Waals surface area (Å²) < 4.78 is 13.3. The molecule has 4 N–H and O–H groups in total. The highest BCUT2D eigenvalue weighted by molar-refractivity contribution is 5.99.